The van der Waals surface area contributed by atoms with E-state index in [9.17, 15) is 0 Å². The van der Waals surface area contributed by atoms with Crippen LogP contribution in [0.15, 0.2) is 18.2 Å². The van der Waals surface area contributed by atoms with Gasteiger partial charge in [-0.15, -0.1) is 0 Å². The lowest BCUT2D eigenvalue weighted by molar-refractivity contribution is 0.0805. The predicted molar refractivity (Wildman–Crippen MR) is 86.0 cm³/mol. The van der Waals surface area contributed by atoms with Crippen molar-refractivity contribution in [3.8, 4) is 5.75 Å². The van der Waals surface area contributed by atoms with Gasteiger partial charge in [-0.2, -0.15) is 0 Å². The number of benzene rings is 1. The summed E-state index contributed by atoms with van der Waals surface area (Å²) in [6.07, 6.45) is 1.42. The molecule has 2 rings (SSSR count). The number of ether oxygens (including phenoxy) is 2. The molecule has 1 N–H and O–H groups in total. The molecular weight excluding hydrogens is 264 g/mol. The number of nitrogens with one attached hydrogen (secondary N) is 1. The van der Waals surface area contributed by atoms with E-state index >= 15 is 0 Å². The molecule has 4 nitrogen and oxygen atoms in total. The highest BCUT2D eigenvalue weighted by Crippen LogP contribution is 2.28. The zero-order valence-electron chi connectivity index (χ0n) is 13.8. The topological polar surface area (TPSA) is 33.7 Å². The standard InChI is InChI=1S/C17H28N2O2/c1-12-6-7-17(20-5)14(10-12)15(18-3)11-19(4)16-8-9-21-13(16)2/h6-7,10,13,15-16,18H,8-9,11H2,1-5H3. The van der Waals surface area contributed by atoms with E-state index in [1.807, 2.05) is 7.05 Å². The zero-order chi connectivity index (χ0) is 15.4. The number of rotatable bonds is 6. The third-order valence-corrected chi connectivity index (χ3v) is 4.48. The molecule has 1 aliphatic heterocycles. The van der Waals surface area contributed by atoms with Crippen molar-refractivity contribution >= 4 is 0 Å². The number of methoxy groups -OCH3 is 1. The van der Waals surface area contributed by atoms with E-state index in [0.29, 0.717) is 12.1 Å². The highest BCUT2D eigenvalue weighted by Gasteiger charge is 2.29. The van der Waals surface area contributed by atoms with Crippen LogP contribution in [-0.2, 0) is 4.74 Å². The minimum Gasteiger partial charge on any atom is -0.496 e. The highest BCUT2D eigenvalue weighted by atomic mass is 16.5. The Morgan fingerprint density at radius 2 is 2.24 bits per heavy atom. The second-order valence-corrected chi connectivity index (χ2v) is 5.96. The van der Waals surface area contributed by atoms with Gasteiger partial charge in [-0.25, -0.2) is 0 Å². The summed E-state index contributed by atoms with van der Waals surface area (Å²) in [6, 6.07) is 7.10. The molecule has 0 aliphatic carbocycles. The average molecular weight is 292 g/mol. The molecule has 4 heteroatoms. The molecular formula is C17H28N2O2. The van der Waals surface area contributed by atoms with Gasteiger partial charge in [0, 0.05) is 30.8 Å². The fourth-order valence-electron chi connectivity index (χ4n) is 3.19. The Bertz CT molecular complexity index is 464. The van der Waals surface area contributed by atoms with E-state index in [1.165, 1.54) is 11.1 Å². The summed E-state index contributed by atoms with van der Waals surface area (Å²) in [4.78, 5) is 2.40. The lowest BCUT2D eigenvalue weighted by atomic mass is 10.0. The fraction of sp³-hybridized carbons (Fsp3) is 0.647. The largest absolute Gasteiger partial charge is 0.496 e. The van der Waals surface area contributed by atoms with Crippen LogP contribution in [0.5, 0.6) is 5.75 Å². The van der Waals surface area contributed by atoms with E-state index < -0.39 is 0 Å². The molecule has 0 spiro atoms. The number of nitrogens with zero attached hydrogens (tertiary/aromatic N) is 1. The van der Waals surface area contributed by atoms with Crippen LogP contribution in [0.25, 0.3) is 0 Å². The first-order chi connectivity index (χ1) is 10.1. The number of aryl methyl sites for hydroxylation is 1. The molecule has 3 atom stereocenters. The Morgan fingerprint density at radius 1 is 1.48 bits per heavy atom. The van der Waals surface area contributed by atoms with Gasteiger partial charge >= 0.3 is 0 Å². The van der Waals surface area contributed by atoms with Crippen molar-refractivity contribution < 1.29 is 9.47 Å². The summed E-state index contributed by atoms with van der Waals surface area (Å²) in [7, 11) is 5.93. The maximum absolute atomic E-state index is 5.68. The predicted octanol–water partition coefficient (Wildman–Crippen LogP) is 2.37. The smallest absolute Gasteiger partial charge is 0.123 e. The first kappa shape index (κ1) is 16.3. The third kappa shape index (κ3) is 3.76. The summed E-state index contributed by atoms with van der Waals surface area (Å²) in [5.74, 6) is 0.948. The zero-order valence-corrected chi connectivity index (χ0v) is 13.8. The minimum absolute atomic E-state index is 0.248. The number of hydrogen-bond donors (Lipinski definition) is 1. The van der Waals surface area contributed by atoms with Crippen LogP contribution < -0.4 is 10.1 Å². The van der Waals surface area contributed by atoms with E-state index in [2.05, 4.69) is 49.3 Å². The summed E-state index contributed by atoms with van der Waals surface area (Å²) < 4.78 is 11.2. The second-order valence-electron chi connectivity index (χ2n) is 5.96. The molecule has 1 saturated heterocycles. The van der Waals surface area contributed by atoms with Crippen molar-refractivity contribution in [2.45, 2.75) is 38.5 Å². The maximum Gasteiger partial charge on any atom is 0.123 e. The van der Waals surface area contributed by atoms with Crippen LogP contribution in [0, 0.1) is 6.92 Å². The van der Waals surface area contributed by atoms with Gasteiger partial charge in [0.15, 0.2) is 0 Å². The van der Waals surface area contributed by atoms with E-state index in [4.69, 9.17) is 9.47 Å². The van der Waals surface area contributed by atoms with E-state index in [1.54, 1.807) is 7.11 Å². The Labute approximate surface area is 128 Å². The Hall–Kier alpha value is -1.10. The van der Waals surface area contributed by atoms with Crippen LogP contribution >= 0.6 is 0 Å². The third-order valence-electron chi connectivity index (χ3n) is 4.48. The summed E-state index contributed by atoms with van der Waals surface area (Å²) >= 11 is 0. The molecule has 1 aromatic carbocycles. The summed E-state index contributed by atoms with van der Waals surface area (Å²) in [5, 5.41) is 3.43. The monoisotopic (exact) mass is 292 g/mol. The van der Waals surface area contributed by atoms with Crippen LogP contribution in [0.4, 0.5) is 0 Å². The Morgan fingerprint density at radius 3 is 2.81 bits per heavy atom. The minimum atomic E-state index is 0.248. The van der Waals surface area contributed by atoms with Crippen molar-refractivity contribution in [2.75, 3.05) is 34.4 Å². The first-order valence-electron chi connectivity index (χ1n) is 7.70. The van der Waals surface area contributed by atoms with Crippen LogP contribution in [-0.4, -0.2) is 51.4 Å². The lowest BCUT2D eigenvalue weighted by Crippen LogP contribution is -2.41. The Kier molecular flexibility index (Phi) is 5.62. The van der Waals surface area contributed by atoms with E-state index in [-0.39, 0.29) is 6.04 Å². The van der Waals surface area contributed by atoms with Crippen molar-refractivity contribution in [3.05, 3.63) is 29.3 Å². The molecule has 118 valence electrons. The van der Waals surface area contributed by atoms with Gasteiger partial charge in [0.2, 0.25) is 0 Å². The lowest BCUT2D eigenvalue weighted by Gasteiger charge is -2.31. The van der Waals surface area contributed by atoms with Gasteiger partial charge in [-0.05, 0) is 40.4 Å². The molecule has 1 heterocycles. The van der Waals surface area contributed by atoms with E-state index in [0.717, 1.165) is 25.3 Å². The molecule has 0 radical (unpaired) electrons. The van der Waals surface area contributed by atoms with Gasteiger partial charge in [0.05, 0.1) is 13.2 Å². The Balaban J connectivity index is 2.14. The summed E-state index contributed by atoms with van der Waals surface area (Å²) in [5.41, 5.74) is 2.48. The van der Waals surface area contributed by atoms with Crippen molar-refractivity contribution in [3.63, 3.8) is 0 Å². The molecule has 21 heavy (non-hydrogen) atoms. The molecule has 0 amide bonds. The van der Waals surface area contributed by atoms with Gasteiger partial charge < -0.3 is 14.8 Å². The van der Waals surface area contributed by atoms with Gasteiger partial charge in [0.1, 0.15) is 5.75 Å². The molecule has 3 unspecified atom stereocenters. The second kappa shape index (κ2) is 7.25. The highest BCUT2D eigenvalue weighted by molar-refractivity contribution is 5.39. The van der Waals surface area contributed by atoms with Gasteiger partial charge in [0.25, 0.3) is 0 Å². The van der Waals surface area contributed by atoms with Crippen LogP contribution in [0.3, 0.4) is 0 Å². The van der Waals surface area contributed by atoms with Gasteiger partial charge in [-0.3, -0.25) is 4.90 Å². The number of likely N-dealkylation sites (N-methyl/N-ethyl adjacent to an activating group) is 2. The van der Waals surface area contributed by atoms with Crippen LogP contribution in [0.2, 0.25) is 0 Å². The molecule has 0 bridgehead atoms. The molecule has 1 aliphatic rings. The molecule has 0 aromatic heterocycles. The fourth-order valence-corrected chi connectivity index (χ4v) is 3.19. The summed E-state index contributed by atoms with van der Waals surface area (Å²) in [6.45, 7) is 6.09. The first-order valence-corrected chi connectivity index (χ1v) is 7.70. The maximum atomic E-state index is 5.68. The van der Waals surface area contributed by atoms with Crippen molar-refractivity contribution in [2.24, 2.45) is 0 Å². The molecule has 0 saturated carbocycles. The quantitative estimate of drug-likeness (QED) is 0.873. The molecule has 1 fully saturated rings. The SMILES string of the molecule is CNC(CN(C)C1CCOC1C)c1cc(C)ccc1OC. The molecule has 1 aromatic rings. The number of hydrogen-bond acceptors (Lipinski definition) is 4. The van der Waals surface area contributed by atoms with Crippen molar-refractivity contribution in [1.29, 1.82) is 0 Å². The van der Waals surface area contributed by atoms with Crippen molar-refractivity contribution in [1.82, 2.24) is 10.2 Å². The average Bonchev–Trinajstić information content (AvgIpc) is 2.90. The van der Waals surface area contributed by atoms with Gasteiger partial charge in [-0.1, -0.05) is 17.7 Å². The van der Waals surface area contributed by atoms with Crippen LogP contribution in [0.1, 0.15) is 30.5 Å². The normalized spacial score (nSPS) is 23.5.